The van der Waals surface area contributed by atoms with E-state index in [9.17, 15) is 4.79 Å². The molecular formula is C12H16N2O2. The Hall–Kier alpha value is -1.71. The topological polar surface area (TPSA) is 55.6 Å². The number of hydrogen-bond donors (Lipinski definition) is 1. The zero-order chi connectivity index (χ0) is 11.7. The highest BCUT2D eigenvalue weighted by Crippen LogP contribution is 2.34. The van der Waals surface area contributed by atoms with Crippen LogP contribution in [0.4, 0.5) is 11.4 Å². The number of nitrogens with two attached hydrogens (primary N) is 1. The number of methoxy groups -OCH3 is 1. The van der Waals surface area contributed by atoms with Crippen LogP contribution in [0.15, 0.2) is 12.1 Å². The molecule has 0 atom stereocenters. The maximum atomic E-state index is 11.5. The van der Waals surface area contributed by atoms with Crippen molar-refractivity contribution in [2.24, 2.45) is 0 Å². The highest BCUT2D eigenvalue weighted by molar-refractivity contribution is 5.99. The van der Waals surface area contributed by atoms with Crippen LogP contribution in [0.3, 0.4) is 0 Å². The van der Waals surface area contributed by atoms with E-state index in [-0.39, 0.29) is 5.97 Å². The molecule has 1 aliphatic rings. The first kappa shape index (κ1) is 10.8. The Labute approximate surface area is 95.0 Å². The van der Waals surface area contributed by atoms with E-state index in [2.05, 4.69) is 4.90 Å². The second-order valence-electron chi connectivity index (χ2n) is 4.05. The summed E-state index contributed by atoms with van der Waals surface area (Å²) in [5.41, 5.74) is 9.20. The van der Waals surface area contributed by atoms with Gasteiger partial charge in [-0.25, -0.2) is 4.79 Å². The van der Waals surface area contributed by atoms with E-state index in [1.165, 1.54) is 12.7 Å². The Bertz CT molecular complexity index is 429. The molecule has 16 heavy (non-hydrogen) atoms. The fraction of sp³-hybridized carbons (Fsp3) is 0.417. The number of rotatable bonds is 1. The standard InChI is InChI=1S/C12H16N2O2/c1-14-7-3-4-8-5-6-9(12(15)16-2)10(13)11(8)14/h5-6H,3-4,7,13H2,1-2H3. The largest absolute Gasteiger partial charge is 0.465 e. The first-order chi connectivity index (χ1) is 7.65. The molecule has 4 heteroatoms. The van der Waals surface area contributed by atoms with E-state index in [4.69, 9.17) is 10.5 Å². The third-order valence-corrected chi connectivity index (χ3v) is 3.03. The molecule has 86 valence electrons. The SMILES string of the molecule is COC(=O)c1ccc2c(c1N)N(C)CCC2. The number of ether oxygens (including phenoxy) is 1. The molecule has 1 heterocycles. The van der Waals surface area contributed by atoms with E-state index in [1.54, 1.807) is 6.07 Å². The lowest BCUT2D eigenvalue weighted by molar-refractivity contribution is 0.0602. The smallest absolute Gasteiger partial charge is 0.340 e. The highest BCUT2D eigenvalue weighted by Gasteiger charge is 2.21. The highest BCUT2D eigenvalue weighted by atomic mass is 16.5. The molecule has 1 aromatic carbocycles. The van der Waals surface area contributed by atoms with Gasteiger partial charge in [-0.1, -0.05) is 6.07 Å². The monoisotopic (exact) mass is 220 g/mol. The van der Waals surface area contributed by atoms with Crippen LogP contribution in [0.25, 0.3) is 0 Å². The van der Waals surface area contributed by atoms with E-state index < -0.39 is 0 Å². The molecule has 0 saturated heterocycles. The Morgan fingerprint density at radius 1 is 1.50 bits per heavy atom. The van der Waals surface area contributed by atoms with Gasteiger partial charge in [-0.15, -0.1) is 0 Å². The molecule has 1 aromatic rings. The molecule has 4 nitrogen and oxygen atoms in total. The van der Waals surface area contributed by atoms with E-state index in [1.807, 2.05) is 13.1 Å². The summed E-state index contributed by atoms with van der Waals surface area (Å²) >= 11 is 0. The van der Waals surface area contributed by atoms with Crippen molar-refractivity contribution >= 4 is 17.3 Å². The first-order valence-corrected chi connectivity index (χ1v) is 5.36. The molecule has 0 saturated carbocycles. The number of nitrogen functional groups attached to an aromatic ring is 1. The molecule has 0 bridgehead atoms. The van der Waals surface area contributed by atoms with Crippen molar-refractivity contribution in [3.05, 3.63) is 23.3 Å². The summed E-state index contributed by atoms with van der Waals surface area (Å²) in [6.07, 6.45) is 2.14. The summed E-state index contributed by atoms with van der Waals surface area (Å²) in [6, 6.07) is 3.72. The Kier molecular flexibility index (Phi) is 2.73. The minimum atomic E-state index is -0.376. The molecule has 2 N–H and O–H groups in total. The predicted octanol–water partition coefficient (Wildman–Crippen LogP) is 1.44. The lowest BCUT2D eigenvalue weighted by Crippen LogP contribution is -2.26. The lowest BCUT2D eigenvalue weighted by Gasteiger charge is -2.29. The minimum Gasteiger partial charge on any atom is -0.465 e. The van der Waals surface area contributed by atoms with Gasteiger partial charge < -0.3 is 15.4 Å². The molecule has 0 amide bonds. The average Bonchev–Trinajstić information content (AvgIpc) is 2.28. The first-order valence-electron chi connectivity index (χ1n) is 5.36. The van der Waals surface area contributed by atoms with Crippen molar-refractivity contribution in [3.8, 4) is 0 Å². The Morgan fingerprint density at radius 3 is 2.94 bits per heavy atom. The summed E-state index contributed by atoms with van der Waals surface area (Å²) in [5, 5.41) is 0. The molecular weight excluding hydrogens is 204 g/mol. The van der Waals surface area contributed by atoms with Crippen LogP contribution < -0.4 is 10.6 Å². The quantitative estimate of drug-likeness (QED) is 0.574. The molecule has 1 aliphatic heterocycles. The summed E-state index contributed by atoms with van der Waals surface area (Å²) in [7, 11) is 3.36. The third-order valence-electron chi connectivity index (χ3n) is 3.03. The van der Waals surface area contributed by atoms with Gasteiger partial charge in [-0.05, 0) is 24.5 Å². The van der Waals surface area contributed by atoms with Gasteiger partial charge in [0.15, 0.2) is 0 Å². The summed E-state index contributed by atoms with van der Waals surface area (Å²) in [5.74, 6) is -0.376. The number of esters is 1. The van der Waals surface area contributed by atoms with Crippen LogP contribution in [0.1, 0.15) is 22.3 Å². The number of nitrogens with zero attached hydrogens (tertiary/aromatic N) is 1. The van der Waals surface area contributed by atoms with Crippen LogP contribution in [0.2, 0.25) is 0 Å². The third kappa shape index (κ3) is 1.60. The lowest BCUT2D eigenvalue weighted by atomic mass is 9.98. The maximum Gasteiger partial charge on any atom is 0.340 e. The number of fused-ring (bicyclic) bond motifs is 1. The van der Waals surface area contributed by atoms with Crippen LogP contribution in [0, 0.1) is 0 Å². The van der Waals surface area contributed by atoms with Gasteiger partial charge >= 0.3 is 5.97 Å². The summed E-state index contributed by atoms with van der Waals surface area (Å²) < 4.78 is 4.71. The zero-order valence-electron chi connectivity index (χ0n) is 9.62. The molecule has 0 spiro atoms. The Balaban J connectivity index is 2.53. The number of carbonyl (C=O) groups is 1. The van der Waals surface area contributed by atoms with Crippen molar-refractivity contribution in [2.45, 2.75) is 12.8 Å². The van der Waals surface area contributed by atoms with Gasteiger partial charge in [-0.3, -0.25) is 0 Å². The number of carbonyl (C=O) groups excluding carboxylic acids is 1. The van der Waals surface area contributed by atoms with E-state index in [0.717, 1.165) is 25.1 Å². The average molecular weight is 220 g/mol. The van der Waals surface area contributed by atoms with Gasteiger partial charge in [0.1, 0.15) is 0 Å². The van der Waals surface area contributed by atoms with Gasteiger partial charge in [0.05, 0.1) is 24.0 Å². The summed E-state index contributed by atoms with van der Waals surface area (Å²) in [4.78, 5) is 13.6. The molecule has 0 radical (unpaired) electrons. The van der Waals surface area contributed by atoms with Gasteiger partial charge in [0, 0.05) is 13.6 Å². The van der Waals surface area contributed by atoms with E-state index in [0.29, 0.717) is 11.3 Å². The number of aryl methyl sites for hydroxylation is 1. The second kappa shape index (κ2) is 4.04. The maximum absolute atomic E-state index is 11.5. The number of benzene rings is 1. The molecule has 0 aliphatic carbocycles. The fourth-order valence-electron chi connectivity index (χ4n) is 2.21. The van der Waals surface area contributed by atoms with Crippen molar-refractivity contribution in [2.75, 3.05) is 31.3 Å². The second-order valence-corrected chi connectivity index (χ2v) is 4.05. The summed E-state index contributed by atoms with van der Waals surface area (Å²) in [6.45, 7) is 0.974. The normalized spacial score (nSPS) is 14.5. The zero-order valence-corrected chi connectivity index (χ0v) is 9.62. The molecule has 0 fully saturated rings. The molecule has 2 rings (SSSR count). The molecule has 0 aromatic heterocycles. The van der Waals surface area contributed by atoms with Crippen LogP contribution in [0.5, 0.6) is 0 Å². The number of anilines is 2. The van der Waals surface area contributed by atoms with Gasteiger partial charge in [0.25, 0.3) is 0 Å². The number of hydrogen-bond acceptors (Lipinski definition) is 4. The van der Waals surface area contributed by atoms with Crippen molar-refractivity contribution in [1.82, 2.24) is 0 Å². The minimum absolute atomic E-state index is 0.376. The van der Waals surface area contributed by atoms with Gasteiger partial charge in [-0.2, -0.15) is 0 Å². The van der Waals surface area contributed by atoms with Crippen molar-refractivity contribution in [1.29, 1.82) is 0 Å². The van der Waals surface area contributed by atoms with Crippen LogP contribution in [-0.2, 0) is 11.2 Å². The van der Waals surface area contributed by atoms with Gasteiger partial charge in [0.2, 0.25) is 0 Å². The van der Waals surface area contributed by atoms with E-state index >= 15 is 0 Å². The van der Waals surface area contributed by atoms with Crippen molar-refractivity contribution < 1.29 is 9.53 Å². The van der Waals surface area contributed by atoms with Crippen LogP contribution >= 0.6 is 0 Å². The fourth-order valence-corrected chi connectivity index (χ4v) is 2.21. The molecule has 0 unspecified atom stereocenters. The van der Waals surface area contributed by atoms with Crippen LogP contribution in [-0.4, -0.2) is 26.7 Å². The van der Waals surface area contributed by atoms with Crippen molar-refractivity contribution in [3.63, 3.8) is 0 Å². The Morgan fingerprint density at radius 2 is 2.25 bits per heavy atom. The predicted molar refractivity (Wildman–Crippen MR) is 63.8 cm³/mol.